The van der Waals surface area contributed by atoms with Gasteiger partial charge >= 0.3 is 5.97 Å². The van der Waals surface area contributed by atoms with Crippen LogP contribution in [0.5, 0.6) is 5.75 Å². The molecular weight excluding hydrogens is 1640 g/mol. The number of aromatic amines is 1. The van der Waals surface area contributed by atoms with Gasteiger partial charge in [-0.25, -0.2) is 24.1 Å². The number of hydrogen-bond acceptors (Lipinski definition) is 29. The number of nitrogen functional groups attached to an aromatic ring is 1. The lowest BCUT2D eigenvalue weighted by Gasteiger charge is -2.43. The number of amides is 2. The standard InChI is InChI=1S/C93H142N12O22/c1-62-20-12-11-13-21-63(2)75(95-8)58-73-27-24-68(7)93(114,127-73)88(111)91(112)104-32-17-14-23-77(104)92(113)126-80(59-78(107)64(3)53-67(6)86(110)87(116-10)85(109)66(5)52-62)65(4)54-69-25-29-79(81(55-69)115-9)125-35-19-15-22-71-60-103(102-100-71)34-37-118-39-41-120-43-45-122-47-49-124-51-50-123-48-46-121-44-42-119-40-38-117-36-30-82(108)96-31-16-18-33-105-90-83(89(94)97-61-98-90)84(101-105)76-57-70-56-72(106)26-28-74(70)99-76/h11-13,20-21,26,28,53,56-57,60-62,64-66,68-69,73,75,77,79-81,86-87,95,99,106,110,114H,14-19,22-25,27,29-52,54-55,58-59H2,1-10H3,(H,96,108)(H2,94,97,98)/b13-11+,20-12+,63-21+,67-53+/t62?,64-,65-,66-,68-,69+,73+,75+,77+,79-,80+,81-,86-,87+,93-/m1/s1. The van der Waals surface area contributed by atoms with E-state index in [4.69, 9.17) is 72.4 Å². The zero-order valence-corrected chi connectivity index (χ0v) is 76.3. The summed E-state index contributed by atoms with van der Waals surface area (Å²) in [6.07, 6.45) is 20.2. The highest BCUT2D eigenvalue weighted by Crippen LogP contribution is 2.39. The predicted octanol–water partition coefficient (Wildman–Crippen LogP) is 9.09. The first-order valence-electron chi connectivity index (χ1n) is 45.7. The number of nitrogens with one attached hydrogen (secondary N) is 3. The van der Waals surface area contributed by atoms with Gasteiger partial charge in [-0.2, -0.15) is 5.10 Å². The zero-order chi connectivity index (χ0) is 91.0. The number of aromatic nitrogens is 8. The maximum atomic E-state index is 14.8. The number of unbranched alkanes of at least 4 members (excludes halogenated alkanes) is 2. The number of methoxy groups -OCH3 is 2. The van der Waals surface area contributed by atoms with Crippen LogP contribution in [-0.2, 0) is 110 Å². The molecule has 4 aromatic heterocycles. The van der Waals surface area contributed by atoms with Gasteiger partial charge < -0.3 is 103 Å². The Balaban J connectivity index is 0.586. The van der Waals surface area contributed by atoms with Gasteiger partial charge in [0.2, 0.25) is 11.7 Å². The van der Waals surface area contributed by atoms with Gasteiger partial charge in [-0.1, -0.05) is 81.9 Å². The lowest BCUT2D eigenvalue weighted by Crippen LogP contribution is -2.61. The molecule has 2 bridgehead atoms. The molecule has 4 aliphatic rings. The molecule has 3 aliphatic heterocycles. The fourth-order valence-electron chi connectivity index (χ4n) is 16.9. The molecule has 706 valence electrons. The zero-order valence-electron chi connectivity index (χ0n) is 76.3. The largest absolute Gasteiger partial charge is 0.508 e. The molecule has 0 radical (unpaired) electrons. The number of aliphatic hydroxyl groups is 2. The Labute approximate surface area is 747 Å². The molecule has 1 aliphatic carbocycles. The van der Waals surface area contributed by atoms with Crippen LogP contribution in [0.4, 0.5) is 5.82 Å². The van der Waals surface area contributed by atoms with E-state index in [1.165, 1.54) is 18.3 Å². The van der Waals surface area contributed by atoms with E-state index in [0.717, 1.165) is 72.8 Å². The first-order valence-corrected chi connectivity index (χ1v) is 45.7. The van der Waals surface area contributed by atoms with Crippen LogP contribution >= 0.6 is 0 Å². The summed E-state index contributed by atoms with van der Waals surface area (Å²) in [5, 5.41) is 55.0. The third kappa shape index (κ3) is 32.4. The van der Waals surface area contributed by atoms with E-state index in [1.807, 2.05) is 77.4 Å². The van der Waals surface area contributed by atoms with E-state index in [9.17, 15) is 44.1 Å². The number of aliphatic hydroxyl groups excluding tert-OH is 1. The average Bonchev–Trinajstić information content (AvgIpc) is 1.76. The number of anilines is 1. The van der Waals surface area contributed by atoms with Crippen molar-refractivity contribution >= 4 is 62.9 Å². The number of nitrogens with zero attached hydrogens (tertiary/aromatic N) is 8. The van der Waals surface area contributed by atoms with Gasteiger partial charge in [-0.05, 0) is 171 Å². The fraction of sp³-hybridized carbons (Fsp3) is 0.688. The molecule has 1 saturated carbocycles. The molecule has 0 spiro atoms. The molecule has 5 aromatic rings. The SMILES string of the molecule is CN[C@H]1C[C@@H]2CC[C@@H](C)[C@@](O)(O2)C(=O)C(=O)N2CCCC[C@H]2C(=O)O[C@H]([C@H](C)C[C@@H]2CC[C@@H](OCCCCc3cn(CCOCCOCCOCCOCCOCCOCCOCCOCCC(=O)NCCCCn4nc(-c5cc6cc(O)ccc6[nH]5)c5c(N)ncnc54)nn3)[C@H](OC)C2)CC(=O)[C@H](C)/C=C(\C)[C@@H](O)[C@@H](OC)C(=O)[C@H](C)CC(C)/C=C/C=C/C=C/1C. The van der Waals surface area contributed by atoms with Gasteiger partial charge in [0.05, 0.1) is 147 Å². The maximum Gasteiger partial charge on any atom is 0.329 e. The summed E-state index contributed by atoms with van der Waals surface area (Å²) in [7, 11) is 4.90. The number of aromatic hydroxyl groups is 1. The Hall–Kier alpha value is -8.17. The molecule has 15 atom stereocenters. The number of piperidine rings is 1. The Morgan fingerprint density at radius 1 is 0.740 bits per heavy atom. The second-order valence-electron chi connectivity index (χ2n) is 34.2. The minimum absolute atomic E-state index is 0.00728. The van der Waals surface area contributed by atoms with Crippen LogP contribution in [0.15, 0.2) is 84.4 Å². The van der Waals surface area contributed by atoms with E-state index in [-0.39, 0.29) is 91.6 Å². The van der Waals surface area contributed by atoms with Crippen molar-refractivity contribution in [2.24, 2.45) is 35.5 Å². The van der Waals surface area contributed by atoms with Gasteiger partial charge in [-0.3, -0.25) is 24.0 Å². The lowest BCUT2D eigenvalue weighted by molar-refractivity contribution is -0.264. The van der Waals surface area contributed by atoms with E-state index < -0.39 is 71.7 Å². The monoisotopic (exact) mass is 1780 g/mol. The van der Waals surface area contributed by atoms with Crippen molar-refractivity contribution < 1.29 is 106 Å². The van der Waals surface area contributed by atoms with Gasteiger partial charge in [0.15, 0.2) is 11.4 Å². The molecule has 7 heterocycles. The molecule has 34 nitrogen and oxygen atoms in total. The van der Waals surface area contributed by atoms with Crippen LogP contribution in [0.1, 0.15) is 163 Å². The first-order chi connectivity index (χ1) is 61.4. The third-order valence-corrected chi connectivity index (χ3v) is 24.4. The van der Waals surface area contributed by atoms with Crippen LogP contribution in [0, 0.1) is 35.5 Å². The Kier molecular flexibility index (Phi) is 44.0. The quantitative estimate of drug-likeness (QED) is 0.00826. The summed E-state index contributed by atoms with van der Waals surface area (Å²) in [5.41, 5.74) is 11.4. The third-order valence-electron chi connectivity index (χ3n) is 24.4. The number of allylic oxidation sites excluding steroid dienone is 6. The number of benzene rings is 1. The van der Waals surface area contributed by atoms with E-state index in [0.29, 0.717) is 205 Å². The minimum Gasteiger partial charge on any atom is -0.508 e. The number of carbonyl (C=O) groups is 6. The molecule has 8 N–H and O–H groups in total. The number of H-pyrrole nitrogens is 1. The second kappa shape index (κ2) is 54.5. The number of fused-ring (bicyclic) bond motifs is 5. The van der Waals surface area contributed by atoms with Crippen LogP contribution in [0.25, 0.3) is 33.3 Å². The molecule has 127 heavy (non-hydrogen) atoms. The lowest BCUT2D eigenvalue weighted by atomic mass is 9.78. The maximum absolute atomic E-state index is 14.8. The molecule has 2 amide bonds. The summed E-state index contributed by atoms with van der Waals surface area (Å²) in [5.74, 6) is -7.63. The van der Waals surface area contributed by atoms with Crippen molar-refractivity contribution in [2.45, 2.75) is 232 Å². The number of phenols is 1. The van der Waals surface area contributed by atoms with Gasteiger partial charge in [-0.15, -0.1) is 5.10 Å². The van der Waals surface area contributed by atoms with Crippen molar-refractivity contribution in [1.29, 1.82) is 0 Å². The number of likely N-dealkylation sites (N-methyl/N-ethyl adjacent to an activating group) is 1. The number of ether oxygens (including phenoxy) is 13. The number of aryl methyl sites for hydroxylation is 2. The van der Waals surface area contributed by atoms with Crippen LogP contribution in [0.3, 0.4) is 0 Å². The Bertz CT molecular complexity index is 4320. The second-order valence-corrected chi connectivity index (χ2v) is 34.2. The number of phenolic OH excluding ortho intramolecular Hbond substituents is 1. The average molecular weight is 1780 g/mol. The first kappa shape index (κ1) is 103. The summed E-state index contributed by atoms with van der Waals surface area (Å²) in [6, 6.07) is 5.66. The highest BCUT2D eigenvalue weighted by Gasteiger charge is 2.53. The number of ketones is 3. The van der Waals surface area contributed by atoms with Crippen molar-refractivity contribution in [2.75, 3.05) is 152 Å². The highest BCUT2D eigenvalue weighted by atomic mass is 16.6. The fourth-order valence-corrected chi connectivity index (χ4v) is 16.9. The molecule has 1 aromatic carbocycles. The van der Waals surface area contributed by atoms with Crippen LogP contribution < -0.4 is 16.4 Å². The summed E-state index contributed by atoms with van der Waals surface area (Å²) >= 11 is 0. The predicted molar refractivity (Wildman–Crippen MR) is 476 cm³/mol. The summed E-state index contributed by atoms with van der Waals surface area (Å²) < 4.78 is 79.6. The van der Waals surface area contributed by atoms with Gasteiger partial charge in [0, 0.05) is 94.2 Å². The summed E-state index contributed by atoms with van der Waals surface area (Å²) in [6.45, 7) is 21.7. The number of carbonyl (C=O) groups excluding carboxylic acids is 6. The topological polar surface area (TPSA) is 427 Å². The molecule has 2 saturated heterocycles. The number of rotatable bonds is 45. The van der Waals surface area contributed by atoms with Crippen LogP contribution in [-0.4, -0.2) is 296 Å². The van der Waals surface area contributed by atoms with E-state index >= 15 is 0 Å². The summed E-state index contributed by atoms with van der Waals surface area (Å²) in [4.78, 5) is 97.9. The van der Waals surface area contributed by atoms with Crippen molar-refractivity contribution in [3.05, 3.63) is 90.1 Å². The number of nitrogens with two attached hydrogens (primary N) is 1. The van der Waals surface area contributed by atoms with Gasteiger partial charge in [0.1, 0.15) is 53.7 Å². The molecular formula is C93H142N12O22. The van der Waals surface area contributed by atoms with Crippen molar-refractivity contribution in [3.8, 4) is 17.1 Å². The number of esters is 1. The van der Waals surface area contributed by atoms with Crippen LogP contribution in [0.2, 0.25) is 0 Å². The minimum atomic E-state index is -2.43. The molecule has 34 heteroatoms. The normalized spacial score (nSPS) is 26.5. The van der Waals surface area contributed by atoms with Crippen molar-refractivity contribution in [3.63, 3.8) is 0 Å². The Morgan fingerprint density at radius 3 is 2.10 bits per heavy atom. The molecule has 1 unspecified atom stereocenters. The van der Waals surface area contributed by atoms with Gasteiger partial charge in [0.25, 0.3) is 11.7 Å². The molecule has 9 rings (SSSR count). The smallest absolute Gasteiger partial charge is 0.329 e. The number of cyclic esters (lactones) is 1. The van der Waals surface area contributed by atoms with E-state index in [2.05, 4.69) is 35.9 Å². The molecule has 3 fully saturated rings. The Morgan fingerprint density at radius 2 is 1.43 bits per heavy atom. The number of hydrogen-bond donors (Lipinski definition) is 7. The van der Waals surface area contributed by atoms with Crippen molar-refractivity contribution in [1.82, 2.24) is 55.3 Å². The highest BCUT2D eigenvalue weighted by molar-refractivity contribution is 6.39. The van der Waals surface area contributed by atoms with E-state index in [1.54, 1.807) is 61.5 Å². The number of Topliss-reactive ketones (excluding diaryl/α,β-unsaturated/α-hetero) is 3.